The highest BCUT2D eigenvalue weighted by Gasteiger charge is 2.27. The summed E-state index contributed by atoms with van der Waals surface area (Å²) in [5, 5.41) is 6.06. The Kier molecular flexibility index (Phi) is 8.67. The summed E-state index contributed by atoms with van der Waals surface area (Å²) in [7, 11) is 0. The number of benzene rings is 4. The van der Waals surface area contributed by atoms with E-state index in [2.05, 4.69) is 102 Å². The number of fused-ring (bicyclic) bond motifs is 1. The maximum atomic E-state index is 6.46. The second-order valence-corrected chi connectivity index (χ2v) is 9.84. The van der Waals surface area contributed by atoms with Crippen molar-refractivity contribution in [2.75, 3.05) is 19.7 Å². The van der Waals surface area contributed by atoms with Crippen LogP contribution in [0.15, 0.2) is 97.1 Å². The first-order chi connectivity index (χ1) is 17.8. The predicted octanol–water partition coefficient (Wildman–Crippen LogP) is 7.29. The van der Waals surface area contributed by atoms with Crippen LogP contribution in [-0.4, -0.2) is 25.8 Å². The summed E-state index contributed by atoms with van der Waals surface area (Å²) in [5.74, 6) is 1.36. The molecule has 0 radical (unpaired) electrons. The van der Waals surface area contributed by atoms with Gasteiger partial charge in [-0.15, -0.1) is 0 Å². The van der Waals surface area contributed by atoms with Crippen molar-refractivity contribution in [1.82, 2.24) is 5.32 Å². The van der Waals surface area contributed by atoms with Crippen LogP contribution in [0.3, 0.4) is 0 Å². The molecule has 2 atom stereocenters. The maximum Gasteiger partial charge on any atom is 0.119 e. The van der Waals surface area contributed by atoms with Gasteiger partial charge in [0.2, 0.25) is 0 Å². The third-order valence-electron chi connectivity index (χ3n) is 7.23. The molecular weight excluding hydrogens is 442 g/mol. The third-order valence-corrected chi connectivity index (χ3v) is 7.23. The molecule has 0 aliphatic carbocycles. The van der Waals surface area contributed by atoms with Crippen LogP contribution in [-0.2, 0) is 17.8 Å². The number of hydrogen-bond donors (Lipinski definition) is 1. The first kappa shape index (κ1) is 24.5. The molecule has 186 valence electrons. The fourth-order valence-electron chi connectivity index (χ4n) is 5.17. The van der Waals surface area contributed by atoms with Crippen molar-refractivity contribution in [3.05, 3.63) is 114 Å². The Morgan fingerprint density at radius 3 is 2.39 bits per heavy atom. The van der Waals surface area contributed by atoms with Crippen molar-refractivity contribution in [3.8, 4) is 5.75 Å². The predicted molar refractivity (Wildman–Crippen MR) is 149 cm³/mol. The average Bonchev–Trinajstić information content (AvgIpc) is 2.95. The first-order valence-electron chi connectivity index (χ1n) is 13.4. The van der Waals surface area contributed by atoms with Gasteiger partial charge < -0.3 is 14.8 Å². The van der Waals surface area contributed by atoms with Gasteiger partial charge in [-0.25, -0.2) is 0 Å². The van der Waals surface area contributed by atoms with E-state index in [1.165, 1.54) is 40.3 Å². The van der Waals surface area contributed by atoms with Gasteiger partial charge in [-0.1, -0.05) is 78.9 Å². The topological polar surface area (TPSA) is 30.5 Å². The number of nitrogens with one attached hydrogen (secondary N) is 1. The fourth-order valence-corrected chi connectivity index (χ4v) is 5.17. The van der Waals surface area contributed by atoms with Crippen molar-refractivity contribution < 1.29 is 9.47 Å². The molecule has 3 nitrogen and oxygen atoms in total. The molecule has 1 aliphatic heterocycles. The van der Waals surface area contributed by atoms with Crippen LogP contribution in [0.2, 0.25) is 0 Å². The molecule has 0 bridgehead atoms. The molecule has 1 N–H and O–H groups in total. The highest BCUT2D eigenvalue weighted by atomic mass is 16.5. The van der Waals surface area contributed by atoms with E-state index >= 15 is 0 Å². The van der Waals surface area contributed by atoms with E-state index in [0.29, 0.717) is 12.5 Å². The molecule has 0 saturated carbocycles. The van der Waals surface area contributed by atoms with Crippen molar-refractivity contribution in [2.24, 2.45) is 0 Å². The Morgan fingerprint density at radius 2 is 1.53 bits per heavy atom. The molecule has 1 saturated heterocycles. The molecule has 1 aliphatic rings. The first-order valence-corrected chi connectivity index (χ1v) is 13.4. The number of rotatable bonds is 11. The van der Waals surface area contributed by atoms with E-state index in [9.17, 15) is 0 Å². The third kappa shape index (κ3) is 6.75. The van der Waals surface area contributed by atoms with Crippen LogP contribution in [0.25, 0.3) is 10.8 Å². The van der Waals surface area contributed by atoms with Crippen LogP contribution in [0, 0.1) is 0 Å². The summed E-state index contributed by atoms with van der Waals surface area (Å²) in [6, 6.07) is 34.5. The summed E-state index contributed by atoms with van der Waals surface area (Å²) >= 11 is 0. The lowest BCUT2D eigenvalue weighted by atomic mass is 9.87. The molecule has 0 amide bonds. The number of hydrogen-bond acceptors (Lipinski definition) is 3. The van der Waals surface area contributed by atoms with E-state index in [4.69, 9.17) is 9.47 Å². The van der Waals surface area contributed by atoms with Crippen LogP contribution >= 0.6 is 0 Å². The molecular formula is C33H37NO2. The number of aryl methyl sites for hydroxylation is 1. The molecule has 1 fully saturated rings. The SMILES string of the molecule is c1ccc(CCCCCOc2ccc(C3CCNCC3OCc3ccc4ccccc4c3)cc2)cc1. The minimum Gasteiger partial charge on any atom is -0.494 e. The van der Waals surface area contributed by atoms with Gasteiger partial charge in [0.1, 0.15) is 5.75 Å². The quantitative estimate of drug-likeness (QED) is 0.229. The molecule has 5 rings (SSSR count). The van der Waals surface area contributed by atoms with Gasteiger partial charge in [-0.3, -0.25) is 0 Å². The normalized spacial score (nSPS) is 17.8. The Labute approximate surface area is 215 Å². The second-order valence-electron chi connectivity index (χ2n) is 9.84. The lowest BCUT2D eigenvalue weighted by Crippen LogP contribution is -2.40. The fraction of sp³-hybridized carbons (Fsp3) is 0.333. The van der Waals surface area contributed by atoms with Gasteiger partial charge in [-0.05, 0) is 84.3 Å². The van der Waals surface area contributed by atoms with Gasteiger partial charge in [0.25, 0.3) is 0 Å². The molecule has 2 unspecified atom stereocenters. The van der Waals surface area contributed by atoms with E-state index in [1.54, 1.807) is 0 Å². The van der Waals surface area contributed by atoms with Crippen molar-refractivity contribution in [2.45, 2.75) is 50.7 Å². The highest BCUT2D eigenvalue weighted by Crippen LogP contribution is 2.30. The van der Waals surface area contributed by atoms with Crippen LogP contribution in [0.4, 0.5) is 0 Å². The molecule has 36 heavy (non-hydrogen) atoms. The standard InChI is InChI=1S/C33H37NO2/c1-3-9-26(10-4-1)11-5-2-8-22-35-31-18-16-29(17-19-31)32-20-21-34-24-33(32)36-25-27-14-15-28-12-6-7-13-30(28)23-27/h1,3-4,6-7,9-10,12-19,23,32-34H,2,5,8,11,20-22,24-25H2. The van der Waals surface area contributed by atoms with Crippen molar-refractivity contribution in [3.63, 3.8) is 0 Å². The zero-order valence-corrected chi connectivity index (χ0v) is 21.1. The van der Waals surface area contributed by atoms with Gasteiger partial charge >= 0.3 is 0 Å². The van der Waals surface area contributed by atoms with Crippen molar-refractivity contribution in [1.29, 1.82) is 0 Å². The maximum absolute atomic E-state index is 6.46. The summed E-state index contributed by atoms with van der Waals surface area (Å²) in [4.78, 5) is 0. The molecule has 4 aromatic carbocycles. The number of unbranched alkanes of at least 4 members (excludes halogenated alkanes) is 2. The molecule has 1 heterocycles. The minimum absolute atomic E-state index is 0.168. The van der Waals surface area contributed by atoms with E-state index < -0.39 is 0 Å². The minimum atomic E-state index is 0.168. The summed E-state index contributed by atoms with van der Waals surface area (Å²) in [6.45, 7) is 3.33. The highest BCUT2D eigenvalue weighted by molar-refractivity contribution is 5.82. The Balaban J connectivity index is 1.09. The monoisotopic (exact) mass is 479 g/mol. The van der Waals surface area contributed by atoms with Crippen LogP contribution < -0.4 is 10.1 Å². The van der Waals surface area contributed by atoms with Crippen LogP contribution in [0.1, 0.15) is 48.3 Å². The zero-order chi connectivity index (χ0) is 24.4. The summed E-state index contributed by atoms with van der Waals surface area (Å²) < 4.78 is 12.5. The van der Waals surface area contributed by atoms with E-state index in [0.717, 1.165) is 44.7 Å². The molecule has 4 aromatic rings. The summed E-state index contributed by atoms with van der Waals surface area (Å²) in [6.07, 6.45) is 5.90. The number of ether oxygens (including phenoxy) is 2. The Hall–Kier alpha value is -3.14. The van der Waals surface area contributed by atoms with Crippen LogP contribution in [0.5, 0.6) is 5.75 Å². The Morgan fingerprint density at radius 1 is 0.722 bits per heavy atom. The lowest BCUT2D eigenvalue weighted by molar-refractivity contribution is 0.0106. The van der Waals surface area contributed by atoms with Gasteiger partial charge in [-0.2, -0.15) is 0 Å². The summed E-state index contributed by atoms with van der Waals surface area (Å²) in [5.41, 5.74) is 3.99. The van der Waals surface area contributed by atoms with E-state index in [1.807, 2.05) is 0 Å². The number of piperidine rings is 1. The lowest BCUT2D eigenvalue weighted by Gasteiger charge is -2.32. The largest absolute Gasteiger partial charge is 0.494 e. The van der Waals surface area contributed by atoms with Gasteiger partial charge in [0.05, 0.1) is 19.3 Å². The van der Waals surface area contributed by atoms with Gasteiger partial charge in [0.15, 0.2) is 0 Å². The Bertz CT molecular complexity index is 1210. The molecule has 3 heteroatoms. The van der Waals surface area contributed by atoms with E-state index in [-0.39, 0.29) is 6.10 Å². The zero-order valence-electron chi connectivity index (χ0n) is 21.1. The molecule has 0 aromatic heterocycles. The van der Waals surface area contributed by atoms with Gasteiger partial charge in [0, 0.05) is 12.5 Å². The second kappa shape index (κ2) is 12.7. The average molecular weight is 480 g/mol. The van der Waals surface area contributed by atoms with Crippen molar-refractivity contribution >= 4 is 10.8 Å². The smallest absolute Gasteiger partial charge is 0.119 e. The molecule has 0 spiro atoms.